The van der Waals surface area contributed by atoms with Crippen LogP contribution in [0.5, 0.6) is 0 Å². The number of carbonyl (C=O) groups is 2. The Morgan fingerprint density at radius 1 is 0.875 bits per heavy atom. The van der Waals surface area contributed by atoms with Crippen molar-refractivity contribution in [1.29, 1.82) is 0 Å². The SMILES string of the molecule is O=C1[C@H]2[C@H](C=CC[C@H]2C(=O)N2CCN(c3ccccc3)CC2)CCN1Cc1ccccc1. The molecule has 2 saturated heterocycles. The topological polar surface area (TPSA) is 43.9 Å². The molecule has 1 aliphatic carbocycles. The molecule has 2 heterocycles. The van der Waals surface area contributed by atoms with E-state index in [4.69, 9.17) is 0 Å². The predicted molar refractivity (Wildman–Crippen MR) is 126 cm³/mol. The first-order valence-electron chi connectivity index (χ1n) is 11.8. The number of hydrogen-bond acceptors (Lipinski definition) is 3. The Balaban J connectivity index is 1.26. The van der Waals surface area contributed by atoms with E-state index in [0.29, 0.717) is 26.1 Å². The van der Waals surface area contributed by atoms with Gasteiger partial charge in [0.05, 0.1) is 11.8 Å². The summed E-state index contributed by atoms with van der Waals surface area (Å²) < 4.78 is 0. The lowest BCUT2D eigenvalue weighted by atomic mass is 9.71. The number of fused-ring (bicyclic) bond motifs is 1. The third-order valence-electron chi connectivity index (χ3n) is 7.24. The second-order valence-corrected chi connectivity index (χ2v) is 9.14. The van der Waals surface area contributed by atoms with Crippen molar-refractivity contribution in [3.05, 3.63) is 78.4 Å². The van der Waals surface area contributed by atoms with Crippen LogP contribution in [0.4, 0.5) is 5.69 Å². The number of allylic oxidation sites excluding steroid dienone is 2. The van der Waals surface area contributed by atoms with E-state index >= 15 is 0 Å². The van der Waals surface area contributed by atoms with Gasteiger partial charge in [-0.1, -0.05) is 60.7 Å². The number of nitrogens with zero attached hydrogens (tertiary/aromatic N) is 3. The van der Waals surface area contributed by atoms with Crippen molar-refractivity contribution in [2.75, 3.05) is 37.6 Å². The van der Waals surface area contributed by atoms with E-state index in [0.717, 1.165) is 31.6 Å². The normalized spacial score (nSPS) is 25.6. The van der Waals surface area contributed by atoms with Crippen LogP contribution < -0.4 is 4.90 Å². The molecule has 32 heavy (non-hydrogen) atoms. The molecule has 0 N–H and O–H groups in total. The van der Waals surface area contributed by atoms with Gasteiger partial charge in [-0.15, -0.1) is 0 Å². The molecule has 0 radical (unpaired) electrons. The Morgan fingerprint density at radius 2 is 1.56 bits per heavy atom. The van der Waals surface area contributed by atoms with Crippen molar-refractivity contribution < 1.29 is 9.59 Å². The number of anilines is 1. The van der Waals surface area contributed by atoms with Gasteiger partial charge in [0.15, 0.2) is 0 Å². The largest absolute Gasteiger partial charge is 0.368 e. The van der Waals surface area contributed by atoms with E-state index in [1.807, 2.05) is 34.1 Å². The van der Waals surface area contributed by atoms with Gasteiger partial charge in [-0.2, -0.15) is 0 Å². The second-order valence-electron chi connectivity index (χ2n) is 9.14. The first-order chi connectivity index (χ1) is 15.7. The molecule has 0 bridgehead atoms. The predicted octanol–water partition coefficient (Wildman–Crippen LogP) is 3.58. The van der Waals surface area contributed by atoms with Crippen LogP contribution in [0.2, 0.25) is 0 Å². The number of amides is 2. The highest BCUT2D eigenvalue weighted by molar-refractivity contribution is 5.89. The molecule has 3 aliphatic rings. The van der Waals surface area contributed by atoms with E-state index in [9.17, 15) is 9.59 Å². The number of hydrogen-bond donors (Lipinski definition) is 0. The van der Waals surface area contributed by atoms with Gasteiger partial charge in [0.1, 0.15) is 0 Å². The van der Waals surface area contributed by atoms with Gasteiger partial charge in [-0.25, -0.2) is 0 Å². The highest BCUT2D eigenvalue weighted by Crippen LogP contribution is 2.39. The van der Waals surface area contributed by atoms with Gasteiger partial charge >= 0.3 is 0 Å². The fraction of sp³-hybridized carbons (Fsp3) is 0.407. The van der Waals surface area contributed by atoms with Gasteiger partial charge in [-0.05, 0) is 36.5 Å². The monoisotopic (exact) mass is 429 g/mol. The highest BCUT2D eigenvalue weighted by Gasteiger charge is 2.45. The zero-order chi connectivity index (χ0) is 21.9. The lowest BCUT2D eigenvalue weighted by molar-refractivity contribution is -0.152. The van der Waals surface area contributed by atoms with E-state index in [-0.39, 0.29) is 29.6 Å². The summed E-state index contributed by atoms with van der Waals surface area (Å²) in [5.74, 6) is 0.0296. The zero-order valence-corrected chi connectivity index (χ0v) is 18.5. The molecule has 5 heteroatoms. The highest BCUT2D eigenvalue weighted by atomic mass is 16.2. The molecule has 5 rings (SSSR count). The molecule has 2 aromatic carbocycles. The maximum Gasteiger partial charge on any atom is 0.227 e. The molecule has 166 valence electrons. The van der Waals surface area contributed by atoms with Crippen LogP contribution in [-0.2, 0) is 16.1 Å². The number of para-hydroxylation sites is 1. The van der Waals surface area contributed by atoms with E-state index in [1.165, 1.54) is 5.69 Å². The van der Waals surface area contributed by atoms with Gasteiger partial charge in [-0.3, -0.25) is 9.59 Å². The van der Waals surface area contributed by atoms with Crippen LogP contribution in [0.3, 0.4) is 0 Å². The Kier molecular flexibility index (Phi) is 5.97. The van der Waals surface area contributed by atoms with Crippen molar-refractivity contribution in [3.63, 3.8) is 0 Å². The molecule has 2 aliphatic heterocycles. The molecule has 0 aromatic heterocycles. The van der Waals surface area contributed by atoms with Crippen LogP contribution in [0.15, 0.2) is 72.8 Å². The van der Waals surface area contributed by atoms with E-state index < -0.39 is 0 Å². The van der Waals surface area contributed by atoms with Crippen LogP contribution >= 0.6 is 0 Å². The molecule has 0 spiro atoms. The number of carbonyl (C=O) groups excluding carboxylic acids is 2. The van der Waals surface area contributed by atoms with Gasteiger partial charge in [0.25, 0.3) is 0 Å². The molecule has 0 unspecified atom stereocenters. The van der Waals surface area contributed by atoms with Crippen LogP contribution in [0.1, 0.15) is 18.4 Å². The van der Waals surface area contributed by atoms with Crippen LogP contribution in [-0.4, -0.2) is 54.3 Å². The molecule has 3 atom stereocenters. The maximum atomic E-state index is 13.6. The standard InChI is InChI=1S/C27H31N3O2/c31-26(29-18-16-28(17-19-29)23-11-5-2-6-12-23)24-13-7-10-22-14-15-30(27(32)25(22)24)20-21-8-3-1-4-9-21/h1-12,22,24-25H,13-20H2/t22-,24-,25+/m1/s1. The summed E-state index contributed by atoms with van der Waals surface area (Å²) in [7, 11) is 0. The minimum absolute atomic E-state index is 0.149. The Labute approximate surface area is 190 Å². The van der Waals surface area contributed by atoms with E-state index in [2.05, 4.69) is 53.5 Å². The van der Waals surface area contributed by atoms with Crippen LogP contribution in [0.25, 0.3) is 0 Å². The first-order valence-corrected chi connectivity index (χ1v) is 11.8. The third kappa shape index (κ3) is 4.16. The summed E-state index contributed by atoms with van der Waals surface area (Å²) in [5, 5.41) is 0. The lowest BCUT2D eigenvalue weighted by Crippen LogP contribution is -2.55. The van der Waals surface area contributed by atoms with Crippen molar-refractivity contribution in [2.45, 2.75) is 19.4 Å². The molecule has 2 amide bonds. The zero-order valence-electron chi connectivity index (χ0n) is 18.5. The smallest absolute Gasteiger partial charge is 0.227 e. The fourth-order valence-electron chi connectivity index (χ4n) is 5.50. The molecular weight excluding hydrogens is 398 g/mol. The van der Waals surface area contributed by atoms with Gasteiger partial charge in [0, 0.05) is 45.0 Å². The van der Waals surface area contributed by atoms with Crippen molar-refractivity contribution in [1.82, 2.24) is 9.80 Å². The second kappa shape index (κ2) is 9.19. The molecule has 0 saturated carbocycles. The third-order valence-corrected chi connectivity index (χ3v) is 7.24. The lowest BCUT2D eigenvalue weighted by Gasteiger charge is -2.44. The number of piperazine rings is 1. The molecule has 5 nitrogen and oxygen atoms in total. The summed E-state index contributed by atoms with van der Waals surface area (Å²) in [6.07, 6.45) is 5.92. The van der Waals surface area contributed by atoms with Gasteiger partial charge in [0.2, 0.25) is 11.8 Å². The quantitative estimate of drug-likeness (QED) is 0.698. The average Bonchev–Trinajstić information content (AvgIpc) is 2.86. The number of rotatable bonds is 4. The maximum absolute atomic E-state index is 13.6. The number of likely N-dealkylation sites (tertiary alicyclic amines) is 1. The summed E-state index contributed by atoms with van der Waals surface area (Å²) >= 11 is 0. The molecule has 2 aromatic rings. The summed E-state index contributed by atoms with van der Waals surface area (Å²) in [6, 6.07) is 20.5. The minimum atomic E-state index is -0.237. The summed E-state index contributed by atoms with van der Waals surface area (Å²) in [6.45, 7) is 4.49. The van der Waals surface area contributed by atoms with Crippen molar-refractivity contribution >= 4 is 17.5 Å². The minimum Gasteiger partial charge on any atom is -0.368 e. The Hall–Kier alpha value is -3.08. The number of piperidine rings is 1. The van der Waals surface area contributed by atoms with E-state index in [1.54, 1.807) is 0 Å². The first kappa shape index (κ1) is 20.8. The average molecular weight is 430 g/mol. The summed E-state index contributed by atoms with van der Waals surface area (Å²) in [5.41, 5.74) is 2.35. The van der Waals surface area contributed by atoms with Gasteiger partial charge < -0.3 is 14.7 Å². The Morgan fingerprint density at radius 3 is 2.28 bits per heavy atom. The molecule has 2 fully saturated rings. The van der Waals surface area contributed by atoms with Crippen molar-refractivity contribution in [3.8, 4) is 0 Å². The Bertz CT molecular complexity index is 967. The summed E-state index contributed by atoms with van der Waals surface area (Å²) in [4.78, 5) is 33.4. The fourth-order valence-corrected chi connectivity index (χ4v) is 5.50. The van der Waals surface area contributed by atoms with Crippen molar-refractivity contribution in [2.24, 2.45) is 17.8 Å². The number of benzene rings is 2. The molecular formula is C27H31N3O2. The van der Waals surface area contributed by atoms with Crippen LogP contribution in [0, 0.1) is 17.8 Å².